The van der Waals surface area contributed by atoms with Crippen molar-refractivity contribution >= 4 is 27.1 Å². The molecule has 0 fully saturated rings. The van der Waals surface area contributed by atoms with Gasteiger partial charge in [-0.25, -0.2) is 8.42 Å². The van der Waals surface area contributed by atoms with Crippen molar-refractivity contribution in [3.8, 4) is 10.4 Å². The molecule has 2 aromatic rings. The first-order valence-corrected chi connectivity index (χ1v) is 7.96. The highest BCUT2D eigenvalue weighted by Gasteiger charge is 2.29. The maximum absolute atomic E-state index is 12.0. The zero-order valence-electron chi connectivity index (χ0n) is 10.1. The normalized spacial score (nSPS) is 13.1. The minimum atomic E-state index is -3.82. The topological polar surface area (TPSA) is 71.4 Å². The van der Waals surface area contributed by atoms with Gasteiger partial charge in [0.25, 0.3) is 0 Å². The Kier molecular flexibility index (Phi) is 3.73. The van der Waals surface area contributed by atoms with Crippen molar-refractivity contribution < 1.29 is 18.3 Å². The van der Waals surface area contributed by atoms with Crippen LogP contribution in [0.4, 0.5) is 0 Å². The van der Waals surface area contributed by atoms with Crippen LogP contribution in [0.2, 0.25) is 0 Å². The van der Waals surface area contributed by atoms with Gasteiger partial charge >= 0.3 is 5.97 Å². The molecule has 2 rings (SSSR count). The summed E-state index contributed by atoms with van der Waals surface area (Å²) in [6.45, 7) is 1.17. The van der Waals surface area contributed by atoms with Gasteiger partial charge in [-0.2, -0.15) is 0 Å². The maximum Gasteiger partial charge on any atom is 0.321 e. The SMILES string of the molecule is CC(C(=O)O)S(=O)(=O)c1ccc(-c2cccs2)cc1. The van der Waals surface area contributed by atoms with E-state index in [1.54, 1.807) is 23.5 Å². The van der Waals surface area contributed by atoms with Crippen LogP contribution in [0.25, 0.3) is 10.4 Å². The van der Waals surface area contributed by atoms with Crippen LogP contribution in [0, 0.1) is 0 Å². The number of hydrogen-bond donors (Lipinski definition) is 1. The summed E-state index contributed by atoms with van der Waals surface area (Å²) in [5, 5.41) is 9.30. The van der Waals surface area contributed by atoms with Gasteiger partial charge in [0.2, 0.25) is 0 Å². The fourth-order valence-electron chi connectivity index (χ4n) is 1.59. The summed E-state index contributed by atoms with van der Waals surface area (Å²) in [5.74, 6) is -1.35. The number of carbonyl (C=O) groups is 1. The van der Waals surface area contributed by atoms with Gasteiger partial charge in [-0.05, 0) is 36.1 Å². The Morgan fingerprint density at radius 1 is 1.21 bits per heavy atom. The molecular weight excluding hydrogens is 284 g/mol. The molecule has 0 aliphatic rings. The highest BCUT2D eigenvalue weighted by Crippen LogP contribution is 2.26. The minimum Gasteiger partial charge on any atom is -0.480 e. The second-order valence-corrected chi connectivity index (χ2v) is 7.24. The standard InChI is InChI=1S/C13H12O4S2/c1-9(13(14)15)19(16,17)11-6-4-10(5-7-11)12-3-2-8-18-12/h2-9H,1H3,(H,14,15). The Morgan fingerprint density at radius 3 is 2.32 bits per heavy atom. The summed E-state index contributed by atoms with van der Waals surface area (Å²) in [6, 6.07) is 10.1. The summed E-state index contributed by atoms with van der Waals surface area (Å²) in [4.78, 5) is 11.9. The molecule has 1 N–H and O–H groups in total. The first-order valence-electron chi connectivity index (χ1n) is 5.53. The van der Waals surface area contributed by atoms with Gasteiger partial charge in [-0.1, -0.05) is 18.2 Å². The van der Waals surface area contributed by atoms with E-state index >= 15 is 0 Å². The summed E-state index contributed by atoms with van der Waals surface area (Å²) >= 11 is 1.56. The molecule has 0 amide bonds. The van der Waals surface area contributed by atoms with Crippen LogP contribution in [0.5, 0.6) is 0 Å². The van der Waals surface area contributed by atoms with Crippen LogP contribution in [0.3, 0.4) is 0 Å². The van der Waals surface area contributed by atoms with Gasteiger partial charge < -0.3 is 5.11 Å². The van der Waals surface area contributed by atoms with Crippen LogP contribution >= 0.6 is 11.3 Å². The molecule has 0 saturated heterocycles. The van der Waals surface area contributed by atoms with E-state index in [9.17, 15) is 13.2 Å². The lowest BCUT2D eigenvalue weighted by Crippen LogP contribution is -2.26. The van der Waals surface area contributed by atoms with Crippen molar-refractivity contribution in [3.63, 3.8) is 0 Å². The lowest BCUT2D eigenvalue weighted by molar-refractivity contribution is -0.136. The molecule has 1 heterocycles. The molecule has 4 nitrogen and oxygen atoms in total. The Bertz CT molecular complexity index is 670. The number of hydrogen-bond acceptors (Lipinski definition) is 4. The van der Waals surface area contributed by atoms with Crippen molar-refractivity contribution in [1.29, 1.82) is 0 Å². The van der Waals surface area contributed by atoms with E-state index in [2.05, 4.69) is 0 Å². The molecule has 0 saturated carbocycles. The molecule has 100 valence electrons. The first kappa shape index (κ1) is 13.8. The lowest BCUT2D eigenvalue weighted by atomic mass is 10.2. The van der Waals surface area contributed by atoms with Gasteiger partial charge in [0.1, 0.15) is 0 Å². The fourth-order valence-corrected chi connectivity index (χ4v) is 3.51. The average Bonchev–Trinajstić information content (AvgIpc) is 2.91. The molecule has 0 radical (unpaired) electrons. The summed E-state index contributed by atoms with van der Waals surface area (Å²) < 4.78 is 24.0. The monoisotopic (exact) mass is 296 g/mol. The highest BCUT2D eigenvalue weighted by atomic mass is 32.2. The van der Waals surface area contributed by atoms with Gasteiger partial charge in [0.15, 0.2) is 15.1 Å². The number of carboxylic acids is 1. The van der Waals surface area contributed by atoms with Gasteiger partial charge in [0, 0.05) is 4.88 Å². The molecule has 0 bridgehead atoms. The van der Waals surface area contributed by atoms with Gasteiger partial charge in [-0.3, -0.25) is 4.79 Å². The highest BCUT2D eigenvalue weighted by molar-refractivity contribution is 7.92. The predicted molar refractivity (Wildman–Crippen MR) is 74.0 cm³/mol. The van der Waals surface area contributed by atoms with E-state index in [4.69, 9.17) is 5.11 Å². The summed E-state index contributed by atoms with van der Waals surface area (Å²) in [6.07, 6.45) is 0. The van der Waals surface area contributed by atoms with E-state index < -0.39 is 21.1 Å². The van der Waals surface area contributed by atoms with Crippen molar-refractivity contribution in [1.82, 2.24) is 0 Å². The number of aliphatic carboxylic acids is 1. The van der Waals surface area contributed by atoms with Crippen molar-refractivity contribution in [2.75, 3.05) is 0 Å². The third-order valence-corrected chi connectivity index (χ3v) is 5.78. The quantitative estimate of drug-likeness (QED) is 0.941. The molecular formula is C13H12O4S2. The van der Waals surface area contributed by atoms with E-state index in [1.807, 2.05) is 17.5 Å². The van der Waals surface area contributed by atoms with Crippen molar-refractivity contribution in [2.24, 2.45) is 0 Å². The largest absolute Gasteiger partial charge is 0.480 e. The summed E-state index contributed by atoms with van der Waals surface area (Å²) in [7, 11) is -3.82. The van der Waals surface area contributed by atoms with E-state index in [0.29, 0.717) is 0 Å². The average molecular weight is 296 g/mol. The third kappa shape index (κ3) is 2.69. The van der Waals surface area contributed by atoms with Crippen LogP contribution < -0.4 is 0 Å². The van der Waals surface area contributed by atoms with Crippen LogP contribution in [-0.4, -0.2) is 24.7 Å². The van der Waals surface area contributed by atoms with Gasteiger partial charge in [-0.15, -0.1) is 11.3 Å². The molecule has 0 aliphatic heterocycles. The minimum absolute atomic E-state index is 0.0303. The van der Waals surface area contributed by atoms with Gasteiger partial charge in [0.05, 0.1) is 4.90 Å². The van der Waals surface area contributed by atoms with Crippen LogP contribution in [-0.2, 0) is 14.6 Å². The van der Waals surface area contributed by atoms with E-state index in [-0.39, 0.29) is 4.90 Å². The van der Waals surface area contributed by atoms with Crippen LogP contribution in [0.15, 0.2) is 46.7 Å². The Balaban J connectivity index is 2.36. The number of benzene rings is 1. The Hall–Kier alpha value is -1.66. The van der Waals surface area contributed by atoms with Crippen LogP contribution in [0.1, 0.15) is 6.92 Å². The zero-order chi connectivity index (χ0) is 14.0. The second kappa shape index (κ2) is 5.14. The van der Waals surface area contributed by atoms with E-state index in [0.717, 1.165) is 10.4 Å². The zero-order valence-corrected chi connectivity index (χ0v) is 11.7. The number of sulfone groups is 1. The molecule has 0 aliphatic carbocycles. The maximum atomic E-state index is 12.0. The molecule has 1 atom stereocenters. The van der Waals surface area contributed by atoms with Crippen molar-refractivity contribution in [3.05, 3.63) is 41.8 Å². The summed E-state index contributed by atoms with van der Waals surface area (Å²) in [5.41, 5.74) is 0.914. The molecule has 1 unspecified atom stereocenters. The van der Waals surface area contributed by atoms with E-state index in [1.165, 1.54) is 19.1 Å². The Morgan fingerprint density at radius 2 is 1.84 bits per heavy atom. The molecule has 1 aromatic heterocycles. The molecule has 6 heteroatoms. The number of thiophene rings is 1. The lowest BCUT2D eigenvalue weighted by Gasteiger charge is -2.09. The second-order valence-electron chi connectivity index (χ2n) is 4.03. The number of rotatable bonds is 4. The molecule has 0 spiro atoms. The molecule has 19 heavy (non-hydrogen) atoms. The first-order chi connectivity index (χ1) is 8.93. The Labute approximate surface area is 115 Å². The number of carboxylic acid groups (broad SMARTS) is 1. The predicted octanol–water partition coefficient (Wildman–Crippen LogP) is 2.66. The third-order valence-electron chi connectivity index (χ3n) is 2.80. The fraction of sp³-hybridized carbons (Fsp3) is 0.154. The smallest absolute Gasteiger partial charge is 0.321 e. The van der Waals surface area contributed by atoms with Crippen molar-refractivity contribution in [2.45, 2.75) is 17.1 Å². The molecule has 1 aromatic carbocycles.